The molecule has 0 aliphatic carbocycles. The van der Waals surface area contributed by atoms with Gasteiger partial charge in [-0.1, -0.05) is 29.8 Å². The molecular formula is C24H19FN4O. The van der Waals surface area contributed by atoms with Crippen molar-refractivity contribution in [2.24, 2.45) is 0 Å². The van der Waals surface area contributed by atoms with Gasteiger partial charge in [0, 0.05) is 28.6 Å². The van der Waals surface area contributed by atoms with Crippen LogP contribution in [0.1, 0.15) is 15.9 Å². The molecule has 0 aliphatic rings. The van der Waals surface area contributed by atoms with Crippen molar-refractivity contribution in [3.05, 3.63) is 102 Å². The van der Waals surface area contributed by atoms with Crippen LogP contribution in [-0.2, 0) is 0 Å². The second kappa shape index (κ2) is 8.53. The molecule has 1 aromatic heterocycles. The molecule has 1 amide bonds. The summed E-state index contributed by atoms with van der Waals surface area (Å²) < 4.78 is 13.0. The largest absolute Gasteiger partial charge is 0.340 e. The van der Waals surface area contributed by atoms with Crippen molar-refractivity contribution in [1.29, 1.82) is 0 Å². The van der Waals surface area contributed by atoms with Gasteiger partial charge in [0.1, 0.15) is 18.0 Å². The minimum absolute atomic E-state index is 0.267. The third-order valence-electron chi connectivity index (χ3n) is 4.54. The molecule has 30 heavy (non-hydrogen) atoms. The molecule has 6 heteroatoms. The van der Waals surface area contributed by atoms with Gasteiger partial charge in [0.25, 0.3) is 5.91 Å². The van der Waals surface area contributed by atoms with E-state index in [9.17, 15) is 9.18 Å². The number of halogens is 1. The molecule has 148 valence electrons. The number of benzene rings is 3. The highest BCUT2D eigenvalue weighted by atomic mass is 19.1. The summed E-state index contributed by atoms with van der Waals surface area (Å²) in [5, 5.41) is 5.96. The van der Waals surface area contributed by atoms with Crippen molar-refractivity contribution >= 4 is 23.1 Å². The lowest BCUT2D eigenvalue weighted by Gasteiger charge is -2.09. The number of aromatic nitrogens is 2. The first-order chi connectivity index (χ1) is 14.6. The number of hydrogen-bond acceptors (Lipinski definition) is 4. The average Bonchev–Trinajstić information content (AvgIpc) is 2.76. The second-order valence-electron chi connectivity index (χ2n) is 6.82. The Morgan fingerprint density at radius 3 is 2.20 bits per heavy atom. The van der Waals surface area contributed by atoms with E-state index in [0.29, 0.717) is 17.1 Å². The molecule has 1 heterocycles. The van der Waals surface area contributed by atoms with E-state index in [1.165, 1.54) is 36.2 Å². The van der Waals surface area contributed by atoms with Crippen LogP contribution in [0.4, 0.5) is 21.6 Å². The molecule has 0 bridgehead atoms. The number of aryl methyl sites for hydroxylation is 1. The van der Waals surface area contributed by atoms with Crippen LogP contribution in [0.15, 0.2) is 85.2 Å². The van der Waals surface area contributed by atoms with Gasteiger partial charge in [0.15, 0.2) is 0 Å². The molecule has 0 fully saturated rings. The van der Waals surface area contributed by atoms with Crippen molar-refractivity contribution in [3.8, 4) is 11.3 Å². The van der Waals surface area contributed by atoms with E-state index in [-0.39, 0.29) is 11.7 Å². The van der Waals surface area contributed by atoms with Crippen molar-refractivity contribution < 1.29 is 9.18 Å². The first-order valence-electron chi connectivity index (χ1n) is 9.40. The minimum Gasteiger partial charge on any atom is -0.340 e. The van der Waals surface area contributed by atoms with Gasteiger partial charge in [-0.05, 0) is 55.5 Å². The predicted octanol–water partition coefficient (Wildman–Crippen LogP) is 5.59. The molecule has 0 atom stereocenters. The quantitative estimate of drug-likeness (QED) is 0.460. The monoisotopic (exact) mass is 398 g/mol. The van der Waals surface area contributed by atoms with E-state index < -0.39 is 0 Å². The normalized spacial score (nSPS) is 10.5. The smallest absolute Gasteiger partial charge is 0.255 e. The maximum Gasteiger partial charge on any atom is 0.255 e. The molecule has 0 saturated heterocycles. The lowest BCUT2D eigenvalue weighted by atomic mass is 10.1. The van der Waals surface area contributed by atoms with E-state index in [0.717, 1.165) is 16.9 Å². The summed E-state index contributed by atoms with van der Waals surface area (Å²) in [6.45, 7) is 2.04. The van der Waals surface area contributed by atoms with Gasteiger partial charge in [-0.15, -0.1) is 0 Å². The first-order valence-corrected chi connectivity index (χ1v) is 9.40. The fourth-order valence-electron chi connectivity index (χ4n) is 2.90. The summed E-state index contributed by atoms with van der Waals surface area (Å²) >= 11 is 0. The first kappa shape index (κ1) is 19.3. The van der Waals surface area contributed by atoms with E-state index in [1.807, 2.05) is 37.3 Å². The molecular weight excluding hydrogens is 379 g/mol. The van der Waals surface area contributed by atoms with Gasteiger partial charge >= 0.3 is 0 Å². The Hall–Kier alpha value is -4.06. The van der Waals surface area contributed by atoms with Crippen LogP contribution in [-0.4, -0.2) is 15.9 Å². The third-order valence-corrected chi connectivity index (χ3v) is 4.54. The lowest BCUT2D eigenvalue weighted by Crippen LogP contribution is -2.11. The van der Waals surface area contributed by atoms with Crippen LogP contribution in [0.2, 0.25) is 0 Å². The summed E-state index contributed by atoms with van der Waals surface area (Å²) in [7, 11) is 0. The molecule has 4 aromatic rings. The van der Waals surface area contributed by atoms with Gasteiger partial charge < -0.3 is 10.6 Å². The zero-order chi connectivity index (χ0) is 20.9. The van der Waals surface area contributed by atoms with Crippen LogP contribution in [0.3, 0.4) is 0 Å². The third kappa shape index (κ3) is 4.67. The van der Waals surface area contributed by atoms with E-state index >= 15 is 0 Å². The second-order valence-corrected chi connectivity index (χ2v) is 6.82. The van der Waals surface area contributed by atoms with Crippen LogP contribution in [0.5, 0.6) is 0 Å². The molecule has 0 spiro atoms. The Morgan fingerprint density at radius 1 is 0.833 bits per heavy atom. The fraction of sp³-hybridized carbons (Fsp3) is 0.0417. The number of amides is 1. The summed E-state index contributed by atoms with van der Waals surface area (Å²) in [6, 6.07) is 22.7. The fourth-order valence-corrected chi connectivity index (χ4v) is 2.90. The van der Waals surface area contributed by atoms with Crippen LogP contribution >= 0.6 is 0 Å². The number of nitrogens with one attached hydrogen (secondary N) is 2. The maximum atomic E-state index is 13.0. The number of rotatable bonds is 5. The topological polar surface area (TPSA) is 66.9 Å². The maximum absolute atomic E-state index is 13.0. The summed E-state index contributed by atoms with van der Waals surface area (Å²) in [5.74, 6) is 0.0413. The number of carbonyl (C=O) groups excluding carboxylic acids is 1. The van der Waals surface area contributed by atoms with Crippen molar-refractivity contribution in [1.82, 2.24) is 9.97 Å². The number of hydrogen-bond donors (Lipinski definition) is 2. The van der Waals surface area contributed by atoms with Gasteiger partial charge in [0.05, 0.1) is 5.69 Å². The Balaban J connectivity index is 1.44. The zero-order valence-corrected chi connectivity index (χ0v) is 16.3. The molecule has 0 aliphatic heterocycles. The van der Waals surface area contributed by atoms with Gasteiger partial charge in [0.2, 0.25) is 0 Å². The number of anilines is 3. The van der Waals surface area contributed by atoms with E-state index in [1.54, 1.807) is 24.3 Å². The van der Waals surface area contributed by atoms with Gasteiger partial charge in [-0.3, -0.25) is 4.79 Å². The van der Waals surface area contributed by atoms with Crippen molar-refractivity contribution in [3.63, 3.8) is 0 Å². The van der Waals surface area contributed by atoms with Gasteiger partial charge in [-0.2, -0.15) is 0 Å². The van der Waals surface area contributed by atoms with Crippen LogP contribution in [0.25, 0.3) is 11.3 Å². The molecule has 0 saturated carbocycles. The summed E-state index contributed by atoms with van der Waals surface area (Å²) in [5.41, 5.74) is 4.85. The average molecular weight is 398 g/mol. The van der Waals surface area contributed by atoms with Gasteiger partial charge in [-0.25, -0.2) is 14.4 Å². The minimum atomic E-state index is -0.348. The molecule has 0 radical (unpaired) electrons. The molecule has 4 rings (SSSR count). The highest BCUT2D eigenvalue weighted by Crippen LogP contribution is 2.22. The molecule has 3 aromatic carbocycles. The number of nitrogens with zero attached hydrogens (tertiary/aromatic N) is 2. The van der Waals surface area contributed by atoms with Crippen LogP contribution < -0.4 is 10.6 Å². The highest BCUT2D eigenvalue weighted by molar-refractivity contribution is 6.04. The Bertz CT molecular complexity index is 1160. The molecule has 5 nitrogen and oxygen atoms in total. The van der Waals surface area contributed by atoms with Crippen LogP contribution in [0, 0.1) is 12.7 Å². The molecule has 2 N–H and O–H groups in total. The van der Waals surface area contributed by atoms with E-state index in [2.05, 4.69) is 20.6 Å². The van der Waals surface area contributed by atoms with Crippen molar-refractivity contribution in [2.45, 2.75) is 6.92 Å². The molecule has 0 unspecified atom stereocenters. The predicted molar refractivity (Wildman–Crippen MR) is 116 cm³/mol. The SMILES string of the molecule is Cc1ccc(-c2cc(Nc3ccc(C(=O)Nc4ccc(F)cc4)cc3)ncn2)cc1. The Labute approximate surface area is 173 Å². The highest BCUT2D eigenvalue weighted by Gasteiger charge is 2.07. The standard InChI is InChI=1S/C24H19FN4O/c1-16-2-4-17(5-3-16)22-14-23(27-15-26-22)28-20-10-6-18(7-11-20)24(30)29-21-12-8-19(25)9-13-21/h2-15H,1H3,(H,29,30)(H,26,27,28). The lowest BCUT2D eigenvalue weighted by molar-refractivity contribution is 0.102. The summed E-state index contributed by atoms with van der Waals surface area (Å²) in [4.78, 5) is 21.0. The van der Waals surface area contributed by atoms with Crippen molar-refractivity contribution in [2.75, 3.05) is 10.6 Å². The Morgan fingerprint density at radius 2 is 1.50 bits per heavy atom. The Kier molecular flexibility index (Phi) is 5.48. The summed E-state index contributed by atoms with van der Waals surface area (Å²) in [6.07, 6.45) is 1.52. The zero-order valence-electron chi connectivity index (χ0n) is 16.3. The number of carbonyl (C=O) groups is 1. The van der Waals surface area contributed by atoms with E-state index in [4.69, 9.17) is 0 Å².